The molecule has 0 rings (SSSR count). The van der Waals surface area contributed by atoms with E-state index >= 15 is 0 Å². The number of aliphatic hydroxyl groups is 2. The quantitative estimate of drug-likeness (QED) is 0.0649. The second-order valence-electron chi connectivity index (χ2n) is 9.79. The molecule has 0 radical (unpaired) electrons. The topological polar surface area (TPSA) is 149 Å². The first-order chi connectivity index (χ1) is 18.2. The van der Waals surface area contributed by atoms with Crippen molar-refractivity contribution >= 4 is 19.8 Å². The first-order valence-electron chi connectivity index (χ1n) is 14.5. The highest BCUT2D eigenvalue weighted by molar-refractivity contribution is 7.47. The van der Waals surface area contributed by atoms with Gasteiger partial charge in [0.25, 0.3) is 0 Å². The van der Waals surface area contributed by atoms with Crippen molar-refractivity contribution in [2.24, 2.45) is 0 Å². The van der Waals surface area contributed by atoms with Crippen LogP contribution >= 0.6 is 7.82 Å². The summed E-state index contributed by atoms with van der Waals surface area (Å²) in [4.78, 5) is 34.2. The zero-order chi connectivity index (χ0) is 28.5. The van der Waals surface area contributed by atoms with Gasteiger partial charge < -0.3 is 24.6 Å². The third-order valence-corrected chi connectivity index (χ3v) is 6.96. The molecule has 0 saturated heterocycles. The summed E-state index contributed by atoms with van der Waals surface area (Å²) in [5.74, 6) is -0.940. The SMILES string of the molecule is CCCCCCCCCCCCC(=O)OC(COC(=O)CCCCCCC)COP(=O)(O)OCC(O)CO. The highest BCUT2D eigenvalue weighted by Crippen LogP contribution is 2.43. The summed E-state index contributed by atoms with van der Waals surface area (Å²) >= 11 is 0. The molecule has 11 heteroatoms. The van der Waals surface area contributed by atoms with E-state index < -0.39 is 51.8 Å². The van der Waals surface area contributed by atoms with Gasteiger partial charge in [0.15, 0.2) is 6.10 Å². The lowest BCUT2D eigenvalue weighted by Gasteiger charge is -2.20. The van der Waals surface area contributed by atoms with E-state index in [0.717, 1.165) is 44.9 Å². The smallest absolute Gasteiger partial charge is 0.462 e. The fraction of sp³-hybridized carbons (Fsp3) is 0.926. The molecule has 0 aromatic rings. The molecule has 0 aliphatic rings. The van der Waals surface area contributed by atoms with Crippen molar-refractivity contribution in [3.63, 3.8) is 0 Å². The molecule has 0 aliphatic carbocycles. The van der Waals surface area contributed by atoms with Crippen molar-refractivity contribution < 1.29 is 47.8 Å². The lowest BCUT2D eigenvalue weighted by Crippen LogP contribution is -2.29. The number of phosphoric acid groups is 1. The van der Waals surface area contributed by atoms with E-state index in [1.807, 2.05) is 0 Å². The molecule has 3 unspecified atom stereocenters. The van der Waals surface area contributed by atoms with Crippen molar-refractivity contribution in [2.45, 2.75) is 135 Å². The van der Waals surface area contributed by atoms with Crippen LogP contribution < -0.4 is 0 Å². The number of phosphoric ester groups is 1. The third kappa shape index (κ3) is 24.0. The minimum absolute atomic E-state index is 0.189. The van der Waals surface area contributed by atoms with Crippen LogP contribution in [0.5, 0.6) is 0 Å². The van der Waals surface area contributed by atoms with Gasteiger partial charge in [-0.2, -0.15) is 0 Å². The van der Waals surface area contributed by atoms with Gasteiger partial charge in [-0.25, -0.2) is 4.57 Å². The van der Waals surface area contributed by atoms with Gasteiger partial charge in [0, 0.05) is 12.8 Å². The van der Waals surface area contributed by atoms with Crippen molar-refractivity contribution in [3.8, 4) is 0 Å². The lowest BCUT2D eigenvalue weighted by molar-refractivity contribution is -0.161. The summed E-state index contributed by atoms with van der Waals surface area (Å²) in [6, 6.07) is 0. The summed E-state index contributed by atoms with van der Waals surface area (Å²) in [5.41, 5.74) is 0. The first-order valence-corrected chi connectivity index (χ1v) is 16.0. The average molecular weight is 569 g/mol. The Hall–Kier alpha value is -1.03. The van der Waals surface area contributed by atoms with Crippen LogP contribution in [0.2, 0.25) is 0 Å². The van der Waals surface area contributed by atoms with Crippen molar-refractivity contribution in [1.29, 1.82) is 0 Å². The van der Waals surface area contributed by atoms with Crippen LogP contribution in [-0.4, -0.2) is 65.7 Å². The highest BCUT2D eigenvalue weighted by Gasteiger charge is 2.27. The Bertz CT molecular complexity index is 631. The van der Waals surface area contributed by atoms with E-state index in [2.05, 4.69) is 18.4 Å². The largest absolute Gasteiger partial charge is 0.472 e. The normalized spacial score (nSPS) is 14.6. The van der Waals surface area contributed by atoms with Gasteiger partial charge in [-0.3, -0.25) is 18.6 Å². The Morgan fingerprint density at radius 3 is 1.63 bits per heavy atom. The molecule has 0 heterocycles. The van der Waals surface area contributed by atoms with Gasteiger partial charge in [0.2, 0.25) is 0 Å². The molecule has 0 aromatic heterocycles. The van der Waals surface area contributed by atoms with Crippen LogP contribution in [0.4, 0.5) is 0 Å². The number of ether oxygens (including phenoxy) is 2. The Balaban J connectivity index is 4.47. The fourth-order valence-electron chi connectivity index (χ4n) is 3.70. The Labute approximate surface area is 229 Å². The molecule has 0 spiro atoms. The standard InChI is InChI=1S/C27H53O10P/c1-3-5-7-9-10-11-12-13-15-17-19-27(31)37-25(22-34-26(30)18-16-14-8-6-4-2)23-36-38(32,33)35-21-24(29)20-28/h24-25,28-29H,3-23H2,1-2H3,(H,32,33). The molecule has 0 aromatic carbocycles. The maximum atomic E-state index is 12.3. The summed E-state index contributed by atoms with van der Waals surface area (Å²) in [6.45, 7) is 2.22. The zero-order valence-electron chi connectivity index (χ0n) is 23.7. The van der Waals surface area contributed by atoms with Gasteiger partial charge in [0.05, 0.1) is 19.8 Å². The van der Waals surface area contributed by atoms with E-state index in [1.165, 1.54) is 38.5 Å². The average Bonchev–Trinajstić information content (AvgIpc) is 2.89. The molecule has 38 heavy (non-hydrogen) atoms. The molecular formula is C27H53O10P. The van der Waals surface area contributed by atoms with Crippen LogP contribution in [0.3, 0.4) is 0 Å². The predicted octanol–water partition coefficient (Wildman–Crippen LogP) is 5.60. The number of carbonyl (C=O) groups is 2. The number of carbonyl (C=O) groups excluding carboxylic acids is 2. The monoisotopic (exact) mass is 568 g/mol. The number of aliphatic hydroxyl groups excluding tert-OH is 2. The highest BCUT2D eigenvalue weighted by atomic mass is 31.2. The van der Waals surface area contributed by atoms with Crippen molar-refractivity contribution in [3.05, 3.63) is 0 Å². The van der Waals surface area contributed by atoms with E-state index in [-0.39, 0.29) is 19.4 Å². The molecule has 10 nitrogen and oxygen atoms in total. The van der Waals surface area contributed by atoms with Gasteiger partial charge >= 0.3 is 19.8 Å². The van der Waals surface area contributed by atoms with E-state index in [1.54, 1.807) is 0 Å². The Kier molecular flexibility index (Phi) is 24.3. The lowest BCUT2D eigenvalue weighted by atomic mass is 10.1. The van der Waals surface area contributed by atoms with Crippen LogP contribution in [0.15, 0.2) is 0 Å². The van der Waals surface area contributed by atoms with Gasteiger partial charge in [0.1, 0.15) is 12.7 Å². The van der Waals surface area contributed by atoms with Gasteiger partial charge in [-0.15, -0.1) is 0 Å². The second-order valence-corrected chi connectivity index (χ2v) is 11.2. The number of hydrogen-bond acceptors (Lipinski definition) is 9. The first kappa shape index (κ1) is 37.0. The molecule has 226 valence electrons. The van der Waals surface area contributed by atoms with E-state index in [9.17, 15) is 24.2 Å². The molecule has 0 bridgehead atoms. The molecule has 0 amide bonds. The molecular weight excluding hydrogens is 515 g/mol. The summed E-state index contributed by atoms with van der Waals surface area (Å²) < 4.78 is 32.1. The minimum atomic E-state index is -4.58. The van der Waals surface area contributed by atoms with E-state index in [0.29, 0.717) is 12.8 Å². The number of hydrogen-bond donors (Lipinski definition) is 3. The Morgan fingerprint density at radius 2 is 1.13 bits per heavy atom. The molecule has 0 saturated carbocycles. The van der Waals surface area contributed by atoms with Crippen LogP contribution in [0.25, 0.3) is 0 Å². The van der Waals surface area contributed by atoms with Crippen LogP contribution in [0, 0.1) is 0 Å². The van der Waals surface area contributed by atoms with Gasteiger partial charge in [-0.05, 0) is 12.8 Å². The number of esters is 2. The van der Waals surface area contributed by atoms with Crippen molar-refractivity contribution in [1.82, 2.24) is 0 Å². The maximum absolute atomic E-state index is 12.3. The molecule has 0 fully saturated rings. The van der Waals surface area contributed by atoms with Crippen LogP contribution in [-0.2, 0) is 32.7 Å². The third-order valence-electron chi connectivity index (χ3n) is 6.01. The van der Waals surface area contributed by atoms with E-state index in [4.69, 9.17) is 19.1 Å². The molecule has 3 N–H and O–H groups in total. The molecule has 0 aliphatic heterocycles. The van der Waals surface area contributed by atoms with Crippen LogP contribution in [0.1, 0.15) is 123 Å². The Morgan fingerprint density at radius 1 is 0.684 bits per heavy atom. The summed E-state index contributed by atoms with van der Waals surface area (Å²) in [5, 5.41) is 18.1. The minimum Gasteiger partial charge on any atom is -0.462 e. The number of unbranched alkanes of at least 4 members (excludes halogenated alkanes) is 13. The second kappa shape index (κ2) is 25.0. The molecule has 3 atom stereocenters. The predicted molar refractivity (Wildman–Crippen MR) is 145 cm³/mol. The number of rotatable bonds is 27. The maximum Gasteiger partial charge on any atom is 0.472 e. The summed E-state index contributed by atoms with van der Waals surface area (Å²) in [7, 11) is -4.58. The summed E-state index contributed by atoms with van der Waals surface area (Å²) in [6.07, 6.45) is 14.2. The zero-order valence-corrected chi connectivity index (χ0v) is 24.5. The van der Waals surface area contributed by atoms with Crippen molar-refractivity contribution in [2.75, 3.05) is 26.4 Å². The van der Waals surface area contributed by atoms with Gasteiger partial charge in [-0.1, -0.05) is 97.3 Å². The fourth-order valence-corrected chi connectivity index (χ4v) is 4.49.